The second kappa shape index (κ2) is 7.59. The number of carboxylic acid groups (broad SMARTS) is 1. The molecule has 2 heterocycles. The first kappa shape index (κ1) is 15.3. The van der Waals surface area contributed by atoms with E-state index in [9.17, 15) is 9.59 Å². The summed E-state index contributed by atoms with van der Waals surface area (Å²) in [5, 5.41) is 14.6. The highest BCUT2D eigenvalue weighted by Gasteiger charge is 2.28. The van der Waals surface area contributed by atoms with Crippen molar-refractivity contribution in [2.75, 3.05) is 32.7 Å². The number of nitrogens with zero attached hydrogens (tertiary/aromatic N) is 1. The van der Waals surface area contributed by atoms with Crippen LogP contribution in [-0.4, -0.2) is 60.6 Å². The molecule has 2 saturated heterocycles. The molecule has 114 valence electrons. The number of amides is 1. The number of nitrogens with one attached hydrogen (secondary N) is 2. The molecule has 0 saturated carbocycles. The number of carbonyl (C=O) groups is 2. The molecule has 0 spiro atoms. The van der Waals surface area contributed by atoms with Crippen molar-refractivity contribution < 1.29 is 14.7 Å². The average Bonchev–Trinajstić information content (AvgIpc) is 2.63. The van der Waals surface area contributed by atoms with Crippen LogP contribution in [0.25, 0.3) is 0 Å². The van der Waals surface area contributed by atoms with Gasteiger partial charge in [-0.2, -0.15) is 0 Å². The molecule has 0 aromatic heterocycles. The predicted molar refractivity (Wildman–Crippen MR) is 75.5 cm³/mol. The third kappa shape index (κ3) is 4.76. The van der Waals surface area contributed by atoms with Crippen LogP contribution in [0.2, 0.25) is 0 Å². The highest BCUT2D eigenvalue weighted by Crippen LogP contribution is 2.22. The summed E-state index contributed by atoms with van der Waals surface area (Å²) >= 11 is 0. The van der Waals surface area contributed by atoms with Crippen molar-refractivity contribution in [2.45, 2.75) is 38.1 Å². The van der Waals surface area contributed by atoms with Gasteiger partial charge in [-0.3, -0.25) is 14.5 Å². The first-order valence-electron chi connectivity index (χ1n) is 7.58. The molecule has 2 aliphatic rings. The van der Waals surface area contributed by atoms with Gasteiger partial charge in [0, 0.05) is 25.6 Å². The summed E-state index contributed by atoms with van der Waals surface area (Å²) in [6.45, 7) is 3.62. The Labute approximate surface area is 119 Å². The van der Waals surface area contributed by atoms with E-state index >= 15 is 0 Å². The Morgan fingerprint density at radius 3 is 3.05 bits per heavy atom. The van der Waals surface area contributed by atoms with E-state index in [-0.39, 0.29) is 12.5 Å². The molecule has 2 atom stereocenters. The van der Waals surface area contributed by atoms with Crippen LogP contribution in [-0.2, 0) is 9.59 Å². The molecule has 0 aromatic carbocycles. The van der Waals surface area contributed by atoms with Crippen LogP contribution in [0.15, 0.2) is 0 Å². The van der Waals surface area contributed by atoms with Gasteiger partial charge in [-0.25, -0.2) is 0 Å². The molecule has 1 amide bonds. The van der Waals surface area contributed by atoms with E-state index in [0.29, 0.717) is 18.4 Å². The van der Waals surface area contributed by atoms with Crippen molar-refractivity contribution in [1.82, 2.24) is 15.5 Å². The monoisotopic (exact) mass is 283 g/mol. The predicted octanol–water partition coefficient (Wildman–Crippen LogP) is 0.0413. The molecular formula is C14H25N3O3. The lowest BCUT2D eigenvalue weighted by Crippen LogP contribution is -2.46. The van der Waals surface area contributed by atoms with Crippen molar-refractivity contribution in [3.8, 4) is 0 Å². The van der Waals surface area contributed by atoms with Crippen molar-refractivity contribution in [2.24, 2.45) is 5.92 Å². The minimum atomic E-state index is -0.807. The van der Waals surface area contributed by atoms with Crippen LogP contribution >= 0.6 is 0 Å². The number of aliphatic carboxylic acids is 1. The molecule has 6 heteroatoms. The van der Waals surface area contributed by atoms with E-state index in [1.54, 1.807) is 0 Å². The first-order valence-corrected chi connectivity index (χ1v) is 7.58. The average molecular weight is 283 g/mol. The van der Waals surface area contributed by atoms with Gasteiger partial charge in [0.05, 0.1) is 6.54 Å². The zero-order chi connectivity index (χ0) is 14.4. The zero-order valence-corrected chi connectivity index (χ0v) is 11.9. The minimum Gasteiger partial charge on any atom is -0.480 e. The Kier molecular flexibility index (Phi) is 5.79. The molecule has 2 rings (SSSR count). The lowest BCUT2D eigenvalue weighted by atomic mass is 9.95. The largest absolute Gasteiger partial charge is 0.480 e. The summed E-state index contributed by atoms with van der Waals surface area (Å²) < 4.78 is 0. The summed E-state index contributed by atoms with van der Waals surface area (Å²) in [5.41, 5.74) is 0. The molecule has 0 aliphatic carbocycles. The molecule has 2 aliphatic heterocycles. The lowest BCUT2D eigenvalue weighted by molar-refractivity contribution is -0.136. The van der Waals surface area contributed by atoms with Crippen LogP contribution in [0, 0.1) is 5.92 Å². The Morgan fingerprint density at radius 1 is 1.40 bits per heavy atom. The molecule has 3 N–H and O–H groups in total. The number of carboxylic acids is 1. The fourth-order valence-corrected chi connectivity index (χ4v) is 3.24. The van der Waals surface area contributed by atoms with Crippen molar-refractivity contribution in [1.29, 1.82) is 0 Å². The van der Waals surface area contributed by atoms with Gasteiger partial charge in [0.25, 0.3) is 0 Å². The van der Waals surface area contributed by atoms with Crippen molar-refractivity contribution >= 4 is 11.9 Å². The fraction of sp³-hybridized carbons (Fsp3) is 0.857. The number of rotatable bonds is 5. The third-order valence-electron chi connectivity index (χ3n) is 4.23. The number of likely N-dealkylation sites (tertiary alicyclic amines) is 1. The molecule has 2 fully saturated rings. The Balaban J connectivity index is 1.79. The molecule has 0 bridgehead atoms. The fourth-order valence-electron chi connectivity index (χ4n) is 3.24. The smallest absolute Gasteiger partial charge is 0.317 e. The third-order valence-corrected chi connectivity index (χ3v) is 4.23. The summed E-state index contributed by atoms with van der Waals surface area (Å²) in [4.78, 5) is 24.6. The van der Waals surface area contributed by atoms with Crippen LogP contribution < -0.4 is 10.6 Å². The molecule has 20 heavy (non-hydrogen) atoms. The lowest BCUT2D eigenvalue weighted by Gasteiger charge is -2.37. The molecular weight excluding hydrogens is 258 g/mol. The maximum absolute atomic E-state index is 11.6. The van der Waals surface area contributed by atoms with E-state index < -0.39 is 5.97 Å². The molecule has 0 aromatic rings. The van der Waals surface area contributed by atoms with Gasteiger partial charge in [-0.05, 0) is 44.7 Å². The van der Waals surface area contributed by atoms with Gasteiger partial charge in [0.1, 0.15) is 0 Å². The Hall–Kier alpha value is -1.14. The van der Waals surface area contributed by atoms with Crippen LogP contribution in [0.5, 0.6) is 0 Å². The summed E-state index contributed by atoms with van der Waals surface area (Å²) in [5.74, 6) is -0.147. The summed E-state index contributed by atoms with van der Waals surface area (Å²) in [6.07, 6.45) is 5.01. The van der Waals surface area contributed by atoms with Crippen LogP contribution in [0.4, 0.5) is 0 Å². The van der Waals surface area contributed by atoms with Crippen LogP contribution in [0.3, 0.4) is 0 Å². The maximum Gasteiger partial charge on any atom is 0.317 e. The number of piperidine rings is 1. The SMILES string of the molecule is O=C(O)CNCC1CCCN(C2CCCNC(=O)C2)C1. The highest BCUT2D eigenvalue weighted by molar-refractivity contribution is 5.76. The highest BCUT2D eigenvalue weighted by atomic mass is 16.4. The van der Waals surface area contributed by atoms with E-state index in [2.05, 4.69) is 15.5 Å². The quantitative estimate of drug-likeness (QED) is 0.664. The normalized spacial score (nSPS) is 28.7. The Bertz CT molecular complexity index is 349. The van der Waals surface area contributed by atoms with Gasteiger partial charge in [0.2, 0.25) is 5.91 Å². The number of hydrogen-bond donors (Lipinski definition) is 3. The molecule has 6 nitrogen and oxygen atoms in total. The standard InChI is InChI=1S/C14H25N3O3/c18-13-7-12(4-1-5-16-13)17-6-2-3-11(10-17)8-15-9-14(19)20/h11-12,15H,1-10H2,(H,16,18)(H,19,20). The maximum atomic E-state index is 11.6. The molecule has 2 unspecified atom stereocenters. The van der Waals surface area contributed by atoms with E-state index in [1.165, 1.54) is 0 Å². The topological polar surface area (TPSA) is 81.7 Å². The second-order valence-electron chi connectivity index (χ2n) is 5.88. The second-order valence-corrected chi connectivity index (χ2v) is 5.88. The Morgan fingerprint density at radius 2 is 2.25 bits per heavy atom. The van der Waals surface area contributed by atoms with Crippen LogP contribution in [0.1, 0.15) is 32.1 Å². The van der Waals surface area contributed by atoms with Crippen molar-refractivity contribution in [3.05, 3.63) is 0 Å². The molecule has 0 radical (unpaired) electrons. The van der Waals surface area contributed by atoms with E-state index in [4.69, 9.17) is 5.11 Å². The van der Waals surface area contributed by atoms with Gasteiger partial charge < -0.3 is 15.7 Å². The van der Waals surface area contributed by atoms with Gasteiger partial charge in [-0.15, -0.1) is 0 Å². The number of hydrogen-bond acceptors (Lipinski definition) is 4. The first-order chi connectivity index (χ1) is 9.65. The summed E-state index contributed by atoms with van der Waals surface area (Å²) in [6, 6.07) is 0.361. The minimum absolute atomic E-state index is 0.0301. The van der Waals surface area contributed by atoms with Gasteiger partial charge in [0.15, 0.2) is 0 Å². The van der Waals surface area contributed by atoms with E-state index in [0.717, 1.165) is 51.9 Å². The van der Waals surface area contributed by atoms with Gasteiger partial charge >= 0.3 is 5.97 Å². The van der Waals surface area contributed by atoms with Crippen molar-refractivity contribution in [3.63, 3.8) is 0 Å². The van der Waals surface area contributed by atoms with Gasteiger partial charge in [-0.1, -0.05) is 0 Å². The van der Waals surface area contributed by atoms with E-state index in [1.807, 2.05) is 0 Å². The zero-order valence-electron chi connectivity index (χ0n) is 11.9. The number of carbonyl (C=O) groups excluding carboxylic acids is 1. The summed E-state index contributed by atoms with van der Waals surface area (Å²) in [7, 11) is 0.